The predicted octanol–water partition coefficient (Wildman–Crippen LogP) is 2.19. The van der Waals surface area contributed by atoms with E-state index in [9.17, 15) is 9.59 Å². The molecule has 1 heterocycles. The van der Waals surface area contributed by atoms with E-state index in [0.29, 0.717) is 12.1 Å². The molecule has 20 heavy (non-hydrogen) atoms. The SMILES string of the molecule is CCCC(=O)Nc1cccc(-c2ccc(=O)n(C)n2)c1. The van der Waals surface area contributed by atoms with Crippen LogP contribution in [0.15, 0.2) is 41.2 Å². The fraction of sp³-hybridized carbons (Fsp3) is 0.267. The maximum atomic E-state index is 11.6. The number of hydrogen-bond donors (Lipinski definition) is 1. The molecule has 0 fully saturated rings. The number of nitrogens with one attached hydrogen (secondary N) is 1. The molecule has 0 saturated heterocycles. The molecule has 0 atom stereocenters. The number of anilines is 1. The minimum absolute atomic E-state index is 0.00179. The van der Waals surface area contributed by atoms with E-state index in [0.717, 1.165) is 17.7 Å². The van der Waals surface area contributed by atoms with E-state index in [-0.39, 0.29) is 11.5 Å². The van der Waals surface area contributed by atoms with Crippen molar-refractivity contribution in [1.29, 1.82) is 0 Å². The summed E-state index contributed by atoms with van der Waals surface area (Å²) >= 11 is 0. The van der Waals surface area contributed by atoms with Gasteiger partial charge in [0, 0.05) is 30.8 Å². The molecule has 0 unspecified atom stereocenters. The van der Waals surface area contributed by atoms with Crippen molar-refractivity contribution >= 4 is 11.6 Å². The van der Waals surface area contributed by atoms with Crippen molar-refractivity contribution in [2.24, 2.45) is 7.05 Å². The summed E-state index contributed by atoms with van der Waals surface area (Å²) in [4.78, 5) is 22.9. The van der Waals surface area contributed by atoms with Crippen LogP contribution in [0.2, 0.25) is 0 Å². The van der Waals surface area contributed by atoms with E-state index in [1.807, 2.05) is 31.2 Å². The van der Waals surface area contributed by atoms with Crippen LogP contribution in [0.1, 0.15) is 19.8 Å². The second-order valence-electron chi connectivity index (χ2n) is 4.56. The minimum atomic E-state index is -0.152. The first-order valence-electron chi connectivity index (χ1n) is 6.55. The number of rotatable bonds is 4. The summed E-state index contributed by atoms with van der Waals surface area (Å²) in [6.45, 7) is 1.96. The van der Waals surface area contributed by atoms with Crippen LogP contribution in [0.4, 0.5) is 5.69 Å². The number of nitrogens with zero attached hydrogens (tertiary/aromatic N) is 2. The van der Waals surface area contributed by atoms with Gasteiger partial charge in [-0.25, -0.2) is 4.68 Å². The third-order valence-corrected chi connectivity index (χ3v) is 2.88. The third-order valence-electron chi connectivity index (χ3n) is 2.88. The lowest BCUT2D eigenvalue weighted by atomic mass is 10.1. The molecule has 5 nitrogen and oxygen atoms in total. The zero-order valence-electron chi connectivity index (χ0n) is 11.6. The maximum absolute atomic E-state index is 11.6. The van der Waals surface area contributed by atoms with Crippen LogP contribution in [-0.2, 0) is 11.8 Å². The van der Waals surface area contributed by atoms with Gasteiger partial charge in [-0.15, -0.1) is 0 Å². The van der Waals surface area contributed by atoms with Gasteiger partial charge in [0.25, 0.3) is 5.56 Å². The lowest BCUT2D eigenvalue weighted by Crippen LogP contribution is -2.18. The van der Waals surface area contributed by atoms with Crippen LogP contribution in [0.25, 0.3) is 11.3 Å². The van der Waals surface area contributed by atoms with Gasteiger partial charge in [-0.1, -0.05) is 19.1 Å². The Morgan fingerprint density at radius 3 is 2.80 bits per heavy atom. The van der Waals surface area contributed by atoms with Crippen molar-refractivity contribution < 1.29 is 4.79 Å². The van der Waals surface area contributed by atoms with Gasteiger partial charge in [0.05, 0.1) is 5.69 Å². The van der Waals surface area contributed by atoms with Crippen molar-refractivity contribution in [3.05, 3.63) is 46.8 Å². The van der Waals surface area contributed by atoms with Gasteiger partial charge >= 0.3 is 0 Å². The van der Waals surface area contributed by atoms with Gasteiger partial charge in [0.15, 0.2) is 0 Å². The van der Waals surface area contributed by atoms with Crippen LogP contribution < -0.4 is 10.9 Å². The highest BCUT2D eigenvalue weighted by Gasteiger charge is 2.04. The van der Waals surface area contributed by atoms with E-state index in [4.69, 9.17) is 0 Å². The highest BCUT2D eigenvalue weighted by Crippen LogP contribution is 2.20. The molecule has 0 aliphatic carbocycles. The summed E-state index contributed by atoms with van der Waals surface area (Å²) < 4.78 is 1.29. The Kier molecular flexibility index (Phi) is 4.30. The van der Waals surface area contributed by atoms with Gasteiger partial charge in [0.2, 0.25) is 5.91 Å². The maximum Gasteiger partial charge on any atom is 0.266 e. The van der Waals surface area contributed by atoms with Crippen molar-refractivity contribution in [3.8, 4) is 11.3 Å². The van der Waals surface area contributed by atoms with Gasteiger partial charge in [-0.05, 0) is 24.6 Å². The predicted molar refractivity (Wildman–Crippen MR) is 78.5 cm³/mol. The van der Waals surface area contributed by atoms with Crippen LogP contribution in [0, 0.1) is 0 Å². The number of benzene rings is 1. The number of hydrogen-bond acceptors (Lipinski definition) is 3. The number of aromatic nitrogens is 2. The number of amides is 1. The second-order valence-corrected chi connectivity index (χ2v) is 4.56. The van der Waals surface area contributed by atoms with Crippen molar-refractivity contribution in [3.63, 3.8) is 0 Å². The van der Waals surface area contributed by atoms with Crippen LogP contribution in [0.5, 0.6) is 0 Å². The van der Waals surface area contributed by atoms with Crippen LogP contribution in [-0.4, -0.2) is 15.7 Å². The van der Waals surface area contributed by atoms with Gasteiger partial charge in [0.1, 0.15) is 0 Å². The Morgan fingerprint density at radius 2 is 2.10 bits per heavy atom. The van der Waals surface area contributed by atoms with E-state index < -0.39 is 0 Å². The monoisotopic (exact) mass is 271 g/mol. The number of carbonyl (C=O) groups excluding carboxylic acids is 1. The average molecular weight is 271 g/mol. The lowest BCUT2D eigenvalue weighted by molar-refractivity contribution is -0.116. The zero-order valence-corrected chi connectivity index (χ0v) is 11.6. The molecule has 0 spiro atoms. The molecule has 0 aliphatic rings. The molecule has 104 valence electrons. The quantitative estimate of drug-likeness (QED) is 0.927. The van der Waals surface area contributed by atoms with Crippen molar-refractivity contribution in [2.75, 3.05) is 5.32 Å². The number of carbonyl (C=O) groups is 1. The normalized spacial score (nSPS) is 10.3. The van der Waals surface area contributed by atoms with Crippen molar-refractivity contribution in [1.82, 2.24) is 9.78 Å². The molecular weight excluding hydrogens is 254 g/mol. The Labute approximate surface area is 117 Å². The van der Waals surface area contributed by atoms with E-state index in [1.165, 1.54) is 10.7 Å². The van der Waals surface area contributed by atoms with Crippen LogP contribution >= 0.6 is 0 Å². The molecule has 0 bridgehead atoms. The fourth-order valence-corrected chi connectivity index (χ4v) is 1.86. The first kappa shape index (κ1) is 14.0. The zero-order chi connectivity index (χ0) is 14.5. The van der Waals surface area contributed by atoms with Gasteiger partial charge < -0.3 is 5.32 Å². The van der Waals surface area contributed by atoms with E-state index in [1.54, 1.807) is 13.1 Å². The molecule has 0 radical (unpaired) electrons. The summed E-state index contributed by atoms with van der Waals surface area (Å²) in [7, 11) is 1.61. The molecule has 2 aromatic rings. The molecule has 1 amide bonds. The standard InChI is InChI=1S/C15H17N3O2/c1-3-5-14(19)16-12-7-4-6-11(10-12)13-8-9-15(20)18(2)17-13/h4,6-10H,3,5H2,1-2H3,(H,16,19). The first-order chi connectivity index (χ1) is 9.60. The van der Waals surface area contributed by atoms with E-state index in [2.05, 4.69) is 10.4 Å². The molecule has 1 aromatic carbocycles. The summed E-state index contributed by atoms with van der Waals surface area (Å²) in [5.74, 6) is -0.00179. The van der Waals surface area contributed by atoms with E-state index >= 15 is 0 Å². The summed E-state index contributed by atoms with van der Waals surface area (Å²) in [6, 6.07) is 10.6. The van der Waals surface area contributed by atoms with Gasteiger partial charge in [-0.3, -0.25) is 9.59 Å². The highest BCUT2D eigenvalue weighted by atomic mass is 16.1. The summed E-state index contributed by atoms with van der Waals surface area (Å²) in [5.41, 5.74) is 2.13. The Balaban J connectivity index is 2.27. The molecule has 0 aliphatic heterocycles. The topological polar surface area (TPSA) is 64.0 Å². The summed E-state index contributed by atoms with van der Waals surface area (Å²) in [6.07, 6.45) is 1.32. The highest BCUT2D eigenvalue weighted by molar-refractivity contribution is 5.91. The molecular formula is C15H17N3O2. The second kappa shape index (κ2) is 6.14. The first-order valence-corrected chi connectivity index (χ1v) is 6.55. The molecule has 1 N–H and O–H groups in total. The smallest absolute Gasteiger partial charge is 0.266 e. The van der Waals surface area contributed by atoms with Crippen molar-refractivity contribution in [2.45, 2.75) is 19.8 Å². The Bertz CT molecular complexity index is 677. The molecule has 2 rings (SSSR count). The van der Waals surface area contributed by atoms with Crippen LogP contribution in [0.3, 0.4) is 0 Å². The number of aryl methyl sites for hydroxylation is 1. The molecule has 0 saturated carbocycles. The third kappa shape index (κ3) is 3.32. The summed E-state index contributed by atoms with van der Waals surface area (Å²) in [5, 5.41) is 7.03. The Morgan fingerprint density at radius 1 is 1.30 bits per heavy atom. The Hall–Kier alpha value is -2.43. The largest absolute Gasteiger partial charge is 0.326 e. The lowest BCUT2D eigenvalue weighted by Gasteiger charge is -2.07. The molecule has 5 heteroatoms. The molecule has 1 aromatic heterocycles. The average Bonchev–Trinajstić information content (AvgIpc) is 2.42. The van der Waals surface area contributed by atoms with Gasteiger partial charge in [-0.2, -0.15) is 5.10 Å². The fourth-order valence-electron chi connectivity index (χ4n) is 1.86. The minimum Gasteiger partial charge on any atom is -0.326 e.